The van der Waals surface area contributed by atoms with Gasteiger partial charge in [0, 0.05) is 0 Å². The van der Waals surface area contributed by atoms with E-state index in [4.69, 9.17) is 19.0 Å². The van der Waals surface area contributed by atoms with E-state index < -0.39 is 52.4 Å². The average molecular weight is 673 g/mol. The van der Waals surface area contributed by atoms with Crippen LogP contribution < -0.4 is 4.74 Å². The van der Waals surface area contributed by atoms with Crippen LogP contribution in [0, 0.1) is 5.41 Å². The van der Waals surface area contributed by atoms with Crippen LogP contribution in [0.3, 0.4) is 0 Å². The fourth-order valence-corrected chi connectivity index (χ4v) is 6.67. The van der Waals surface area contributed by atoms with E-state index in [9.17, 15) is 24.2 Å². The molecule has 10 nitrogen and oxygen atoms in total. The molecule has 2 aromatic carbocycles. The molecule has 0 saturated carbocycles. The summed E-state index contributed by atoms with van der Waals surface area (Å²) < 4.78 is 39.8. The molecule has 0 spiro atoms. The molecular formula is C33H54O10P2. The van der Waals surface area contributed by atoms with Crippen LogP contribution in [-0.2, 0) is 39.6 Å². The number of aliphatic hydroxyl groups excluding tert-OH is 2. The standard InChI is InChI=1S/C33H54O10P2/c1-29(2,3)22-13-15-24(25(17-22)31(7,8)9)28(33(19-34,20-35)21-41-45(39,40)43-44(36,37)38)42-27-16-14-23(30(4,5)6)18-26(27)32(10,11)12/h13-18,28,34-35H,19-21H2,1-12H3,(H,39,40)(H2,36,37,38). The molecule has 2 atom stereocenters. The SMILES string of the molecule is CC(C)(C)c1ccc(OC(c2ccc(C(C)(C)C)cc2C(C)(C)C)C(CO)(CO)COP(=O)(O)OP(=O)(O)O)c(C(C)(C)C)c1. The predicted octanol–water partition coefficient (Wildman–Crippen LogP) is 7.19. The number of benzene rings is 2. The number of phosphoric ester groups is 1. The summed E-state index contributed by atoms with van der Waals surface area (Å²) in [6, 6.07) is 11.8. The van der Waals surface area contributed by atoms with E-state index in [1.165, 1.54) is 0 Å². The molecule has 0 aliphatic heterocycles. The van der Waals surface area contributed by atoms with Crippen LogP contribution in [-0.4, -0.2) is 44.7 Å². The van der Waals surface area contributed by atoms with Crippen LogP contribution in [0.1, 0.15) is 117 Å². The summed E-state index contributed by atoms with van der Waals surface area (Å²) in [7, 11) is -10.7. The number of phosphoric acid groups is 2. The highest BCUT2D eigenvalue weighted by Crippen LogP contribution is 2.58. The molecule has 45 heavy (non-hydrogen) atoms. The van der Waals surface area contributed by atoms with Gasteiger partial charge in [-0.15, -0.1) is 0 Å². The third-order valence-electron chi connectivity index (χ3n) is 7.82. The third kappa shape index (κ3) is 10.5. The Balaban J connectivity index is 2.94. The molecule has 0 amide bonds. The lowest BCUT2D eigenvalue weighted by atomic mass is 9.72. The molecule has 0 aliphatic rings. The minimum atomic E-state index is -5.41. The first-order valence-electron chi connectivity index (χ1n) is 15.0. The van der Waals surface area contributed by atoms with Crippen molar-refractivity contribution in [3.05, 3.63) is 64.2 Å². The van der Waals surface area contributed by atoms with Gasteiger partial charge in [0.2, 0.25) is 0 Å². The average Bonchev–Trinajstić information content (AvgIpc) is 2.84. The van der Waals surface area contributed by atoms with Crippen LogP contribution in [0.15, 0.2) is 36.4 Å². The number of hydrogen-bond acceptors (Lipinski definition) is 7. The molecule has 0 fully saturated rings. The van der Waals surface area contributed by atoms with Crippen molar-refractivity contribution in [2.24, 2.45) is 5.41 Å². The van der Waals surface area contributed by atoms with Gasteiger partial charge in [0.15, 0.2) is 0 Å². The van der Waals surface area contributed by atoms with Gasteiger partial charge in [-0.05, 0) is 55.5 Å². The molecule has 0 heterocycles. The second-order valence-electron chi connectivity index (χ2n) is 16.0. The summed E-state index contributed by atoms with van der Waals surface area (Å²) in [4.78, 5) is 28.4. The highest BCUT2D eigenvalue weighted by atomic mass is 31.3. The Kier molecular flexibility index (Phi) is 11.9. The van der Waals surface area contributed by atoms with Gasteiger partial charge in [-0.2, -0.15) is 4.31 Å². The predicted molar refractivity (Wildman–Crippen MR) is 177 cm³/mol. The van der Waals surface area contributed by atoms with Crippen molar-refractivity contribution >= 4 is 15.6 Å². The Morgan fingerprint density at radius 3 is 1.51 bits per heavy atom. The second kappa shape index (κ2) is 13.5. The first-order valence-corrected chi connectivity index (χ1v) is 18.0. The number of aliphatic hydroxyl groups is 2. The zero-order valence-electron chi connectivity index (χ0n) is 28.8. The Bertz CT molecular complexity index is 1410. The van der Waals surface area contributed by atoms with Crippen molar-refractivity contribution in [2.45, 2.75) is 111 Å². The van der Waals surface area contributed by atoms with Crippen LogP contribution >= 0.6 is 15.6 Å². The molecule has 2 rings (SSSR count). The highest BCUT2D eigenvalue weighted by molar-refractivity contribution is 7.60. The lowest BCUT2D eigenvalue weighted by Gasteiger charge is -2.41. The Morgan fingerprint density at radius 2 is 1.11 bits per heavy atom. The van der Waals surface area contributed by atoms with Crippen LogP contribution in [0.2, 0.25) is 0 Å². The summed E-state index contributed by atoms with van der Waals surface area (Å²) >= 11 is 0. The van der Waals surface area contributed by atoms with E-state index in [2.05, 4.69) is 58.0 Å². The molecule has 12 heteroatoms. The molecule has 256 valence electrons. The maximum Gasteiger partial charge on any atom is 0.481 e. The largest absolute Gasteiger partial charge is 0.485 e. The van der Waals surface area contributed by atoms with Gasteiger partial charge >= 0.3 is 15.6 Å². The van der Waals surface area contributed by atoms with Gasteiger partial charge < -0.3 is 29.6 Å². The van der Waals surface area contributed by atoms with Crippen LogP contribution in [0.25, 0.3) is 0 Å². The lowest BCUT2D eigenvalue weighted by molar-refractivity contribution is -0.0732. The van der Waals surface area contributed by atoms with E-state index in [-0.39, 0.29) is 16.2 Å². The fourth-order valence-electron chi connectivity index (χ4n) is 4.98. The van der Waals surface area contributed by atoms with Crippen molar-refractivity contribution in [1.29, 1.82) is 0 Å². The number of rotatable bonds is 11. The Hall–Kier alpha value is -1.58. The zero-order chi connectivity index (χ0) is 35.0. The summed E-state index contributed by atoms with van der Waals surface area (Å²) in [5.74, 6) is 0.477. The van der Waals surface area contributed by atoms with Crippen molar-refractivity contribution in [3.63, 3.8) is 0 Å². The topological polar surface area (TPSA) is 163 Å². The molecule has 0 radical (unpaired) electrons. The molecule has 0 bridgehead atoms. The molecule has 2 unspecified atom stereocenters. The molecule has 0 aromatic heterocycles. The Morgan fingerprint density at radius 1 is 0.667 bits per heavy atom. The highest BCUT2D eigenvalue weighted by Gasteiger charge is 2.47. The van der Waals surface area contributed by atoms with Crippen molar-refractivity contribution < 1.29 is 47.6 Å². The number of hydrogen-bond donors (Lipinski definition) is 5. The minimum absolute atomic E-state index is 0.158. The molecule has 2 aromatic rings. The lowest BCUT2D eigenvalue weighted by Crippen LogP contribution is -2.44. The summed E-state index contributed by atoms with van der Waals surface area (Å²) in [6.07, 6.45) is -1.16. The molecule has 0 aliphatic carbocycles. The first kappa shape index (κ1) is 39.6. The van der Waals surface area contributed by atoms with Gasteiger partial charge in [0.1, 0.15) is 11.9 Å². The van der Waals surface area contributed by atoms with Crippen molar-refractivity contribution in [1.82, 2.24) is 0 Å². The van der Waals surface area contributed by atoms with E-state index in [0.29, 0.717) is 11.3 Å². The Labute approximate surface area is 269 Å². The van der Waals surface area contributed by atoms with Gasteiger partial charge in [-0.1, -0.05) is 113 Å². The van der Waals surface area contributed by atoms with E-state index in [1.807, 2.05) is 65.8 Å². The summed E-state index contributed by atoms with van der Waals surface area (Å²) in [5, 5.41) is 21.8. The van der Waals surface area contributed by atoms with Gasteiger partial charge in [0.25, 0.3) is 0 Å². The monoisotopic (exact) mass is 672 g/mol. The maximum absolute atomic E-state index is 12.5. The molecule has 0 saturated heterocycles. The van der Waals surface area contributed by atoms with Gasteiger partial charge in [0.05, 0.1) is 25.2 Å². The minimum Gasteiger partial charge on any atom is -0.485 e. The quantitative estimate of drug-likeness (QED) is 0.154. The van der Waals surface area contributed by atoms with Crippen LogP contribution in [0.4, 0.5) is 0 Å². The van der Waals surface area contributed by atoms with Crippen molar-refractivity contribution in [2.75, 3.05) is 19.8 Å². The van der Waals surface area contributed by atoms with E-state index in [0.717, 1.165) is 22.3 Å². The maximum atomic E-state index is 12.5. The second-order valence-corrected chi connectivity index (χ2v) is 18.8. The summed E-state index contributed by atoms with van der Waals surface area (Å²) in [6.45, 7) is 22.4. The number of ether oxygens (including phenoxy) is 1. The molecule has 5 N–H and O–H groups in total. The third-order valence-corrected chi connectivity index (χ3v) is 9.95. The summed E-state index contributed by atoms with van der Waals surface area (Å²) in [5.41, 5.74) is 1.47. The van der Waals surface area contributed by atoms with E-state index >= 15 is 0 Å². The smallest absolute Gasteiger partial charge is 0.481 e. The van der Waals surface area contributed by atoms with Gasteiger partial charge in [-0.25, -0.2) is 9.13 Å². The zero-order valence-corrected chi connectivity index (χ0v) is 30.6. The van der Waals surface area contributed by atoms with E-state index in [1.54, 1.807) is 0 Å². The normalized spacial score (nSPS) is 15.9. The van der Waals surface area contributed by atoms with Crippen LogP contribution in [0.5, 0.6) is 5.75 Å². The van der Waals surface area contributed by atoms with Gasteiger partial charge in [-0.3, -0.25) is 4.52 Å². The van der Waals surface area contributed by atoms with Crippen molar-refractivity contribution in [3.8, 4) is 5.75 Å². The molecular weight excluding hydrogens is 618 g/mol. The first-order chi connectivity index (χ1) is 20.1. The fraction of sp³-hybridized carbons (Fsp3) is 0.636.